The van der Waals surface area contributed by atoms with Gasteiger partial charge < -0.3 is 14.8 Å². The van der Waals surface area contributed by atoms with E-state index in [1.807, 2.05) is 6.07 Å². The molecule has 2 rings (SSSR count). The van der Waals surface area contributed by atoms with Gasteiger partial charge in [0, 0.05) is 11.6 Å². The van der Waals surface area contributed by atoms with Gasteiger partial charge in [-0.15, -0.1) is 0 Å². The third-order valence-electron chi connectivity index (χ3n) is 3.33. The van der Waals surface area contributed by atoms with E-state index in [0.717, 1.165) is 0 Å². The van der Waals surface area contributed by atoms with Crippen molar-refractivity contribution >= 4 is 23.6 Å². The van der Waals surface area contributed by atoms with Gasteiger partial charge in [0.2, 0.25) is 0 Å². The predicted molar refractivity (Wildman–Crippen MR) is 92.6 cm³/mol. The molecular formula is C19H18FNO4. The number of halogens is 1. The quantitative estimate of drug-likeness (QED) is 0.645. The summed E-state index contributed by atoms with van der Waals surface area (Å²) in [6.45, 7) is 1.41. The summed E-state index contributed by atoms with van der Waals surface area (Å²) in [7, 11) is 1.53. The van der Waals surface area contributed by atoms with Crippen LogP contribution in [0.25, 0.3) is 6.08 Å². The number of ether oxygens (including phenoxy) is 2. The third kappa shape index (κ3) is 5.17. The SMILES string of the molecule is COc1ccccc1/C=C/C(=O)O[C@@H](C)C(=O)Nc1ccccc1F. The van der Waals surface area contributed by atoms with Crippen molar-refractivity contribution in [2.75, 3.05) is 12.4 Å². The van der Waals surface area contributed by atoms with E-state index in [-0.39, 0.29) is 5.69 Å². The molecule has 130 valence electrons. The number of hydrogen-bond acceptors (Lipinski definition) is 4. The van der Waals surface area contributed by atoms with Gasteiger partial charge in [0.1, 0.15) is 11.6 Å². The summed E-state index contributed by atoms with van der Waals surface area (Å²) >= 11 is 0. The fourth-order valence-corrected chi connectivity index (χ4v) is 2.03. The highest BCUT2D eigenvalue weighted by Crippen LogP contribution is 2.18. The minimum absolute atomic E-state index is 0.0277. The molecule has 25 heavy (non-hydrogen) atoms. The summed E-state index contributed by atoms with van der Waals surface area (Å²) in [6.07, 6.45) is 1.65. The van der Waals surface area contributed by atoms with Crippen molar-refractivity contribution in [3.8, 4) is 5.75 Å². The number of methoxy groups -OCH3 is 1. The zero-order valence-electron chi connectivity index (χ0n) is 13.9. The van der Waals surface area contributed by atoms with E-state index >= 15 is 0 Å². The van der Waals surface area contributed by atoms with E-state index in [1.54, 1.807) is 24.3 Å². The highest BCUT2D eigenvalue weighted by atomic mass is 19.1. The van der Waals surface area contributed by atoms with Crippen LogP contribution >= 0.6 is 0 Å². The Hall–Kier alpha value is -3.15. The van der Waals surface area contributed by atoms with Crippen LogP contribution in [0.4, 0.5) is 10.1 Å². The van der Waals surface area contributed by atoms with Gasteiger partial charge in [-0.2, -0.15) is 0 Å². The normalized spacial score (nSPS) is 11.8. The van der Waals surface area contributed by atoms with Crippen LogP contribution in [0.1, 0.15) is 12.5 Å². The first-order valence-corrected chi connectivity index (χ1v) is 7.58. The monoisotopic (exact) mass is 343 g/mol. The molecule has 1 N–H and O–H groups in total. The lowest BCUT2D eigenvalue weighted by molar-refractivity contribution is -0.148. The first kappa shape index (κ1) is 18.2. The Morgan fingerprint density at radius 3 is 2.52 bits per heavy atom. The number of amides is 1. The third-order valence-corrected chi connectivity index (χ3v) is 3.33. The Labute approximate surface area is 145 Å². The number of carbonyl (C=O) groups excluding carboxylic acids is 2. The van der Waals surface area contributed by atoms with Gasteiger partial charge in [0.25, 0.3) is 5.91 Å². The fourth-order valence-electron chi connectivity index (χ4n) is 2.03. The van der Waals surface area contributed by atoms with Crippen LogP contribution in [0, 0.1) is 5.82 Å². The summed E-state index contributed by atoms with van der Waals surface area (Å²) in [5, 5.41) is 2.37. The Bertz CT molecular complexity index is 788. The summed E-state index contributed by atoms with van der Waals surface area (Å²) in [5.74, 6) is -1.27. The number of para-hydroxylation sites is 2. The Morgan fingerprint density at radius 2 is 1.80 bits per heavy atom. The fraction of sp³-hybridized carbons (Fsp3) is 0.158. The van der Waals surface area contributed by atoms with E-state index in [0.29, 0.717) is 11.3 Å². The lowest BCUT2D eigenvalue weighted by atomic mass is 10.2. The van der Waals surface area contributed by atoms with Gasteiger partial charge in [-0.3, -0.25) is 4.79 Å². The lowest BCUT2D eigenvalue weighted by Gasteiger charge is -2.12. The molecule has 1 amide bonds. The van der Waals surface area contributed by atoms with Crippen molar-refractivity contribution in [2.24, 2.45) is 0 Å². The molecule has 0 aliphatic heterocycles. The predicted octanol–water partition coefficient (Wildman–Crippen LogP) is 3.42. The number of hydrogen-bond donors (Lipinski definition) is 1. The maximum absolute atomic E-state index is 13.5. The van der Waals surface area contributed by atoms with Gasteiger partial charge in [0.15, 0.2) is 6.10 Å². The number of carbonyl (C=O) groups is 2. The standard InChI is InChI=1S/C19H18FNO4/c1-13(19(23)21-16-9-5-4-8-15(16)20)25-18(22)12-11-14-7-3-6-10-17(14)24-2/h3-13H,1-2H3,(H,21,23)/b12-11+/t13-/m0/s1. The minimum atomic E-state index is -1.07. The maximum Gasteiger partial charge on any atom is 0.331 e. The van der Waals surface area contributed by atoms with Crippen LogP contribution < -0.4 is 10.1 Å². The van der Waals surface area contributed by atoms with Crippen molar-refractivity contribution in [1.82, 2.24) is 0 Å². The average Bonchev–Trinajstić information content (AvgIpc) is 2.62. The van der Waals surface area contributed by atoms with E-state index in [9.17, 15) is 14.0 Å². The van der Waals surface area contributed by atoms with Crippen molar-refractivity contribution < 1.29 is 23.5 Å². The number of esters is 1. The molecule has 0 unspecified atom stereocenters. The zero-order chi connectivity index (χ0) is 18.2. The molecule has 0 fully saturated rings. The molecule has 2 aromatic carbocycles. The van der Waals surface area contributed by atoms with Crippen LogP contribution in [-0.2, 0) is 14.3 Å². The summed E-state index contributed by atoms with van der Waals surface area (Å²) in [5.41, 5.74) is 0.727. The van der Waals surface area contributed by atoms with E-state index in [2.05, 4.69) is 5.32 Å². The molecule has 0 spiro atoms. The van der Waals surface area contributed by atoms with E-state index in [1.165, 1.54) is 44.4 Å². The highest BCUT2D eigenvalue weighted by molar-refractivity contribution is 5.96. The van der Waals surface area contributed by atoms with Crippen LogP contribution in [0.15, 0.2) is 54.6 Å². The number of anilines is 1. The second-order valence-electron chi connectivity index (χ2n) is 5.12. The van der Waals surface area contributed by atoms with Crippen LogP contribution in [0.2, 0.25) is 0 Å². The van der Waals surface area contributed by atoms with Crippen LogP contribution in [0.3, 0.4) is 0 Å². The first-order chi connectivity index (χ1) is 12.0. The second kappa shape index (κ2) is 8.63. The van der Waals surface area contributed by atoms with Gasteiger partial charge in [-0.25, -0.2) is 9.18 Å². The molecule has 0 radical (unpaired) electrons. The summed E-state index contributed by atoms with van der Waals surface area (Å²) < 4.78 is 23.7. The molecule has 0 aromatic heterocycles. The Balaban J connectivity index is 1.94. The summed E-state index contributed by atoms with van der Waals surface area (Å²) in [4.78, 5) is 23.8. The molecule has 0 saturated heterocycles. The molecular weight excluding hydrogens is 325 g/mol. The Morgan fingerprint density at radius 1 is 1.12 bits per heavy atom. The molecule has 6 heteroatoms. The zero-order valence-corrected chi connectivity index (χ0v) is 13.9. The second-order valence-corrected chi connectivity index (χ2v) is 5.12. The molecule has 5 nitrogen and oxygen atoms in total. The number of nitrogens with one attached hydrogen (secondary N) is 1. The molecule has 0 bridgehead atoms. The Kier molecular flexibility index (Phi) is 6.28. The van der Waals surface area contributed by atoms with Gasteiger partial charge in [0.05, 0.1) is 12.8 Å². The molecule has 0 saturated carbocycles. The molecule has 1 atom stereocenters. The molecule has 0 heterocycles. The highest BCUT2D eigenvalue weighted by Gasteiger charge is 2.17. The van der Waals surface area contributed by atoms with Crippen molar-refractivity contribution in [3.05, 3.63) is 66.0 Å². The molecule has 0 aliphatic carbocycles. The maximum atomic E-state index is 13.5. The lowest BCUT2D eigenvalue weighted by Crippen LogP contribution is -2.29. The molecule has 2 aromatic rings. The van der Waals surface area contributed by atoms with Crippen LogP contribution in [-0.4, -0.2) is 25.1 Å². The number of rotatable bonds is 6. The average molecular weight is 343 g/mol. The van der Waals surface area contributed by atoms with Gasteiger partial charge in [-0.1, -0.05) is 30.3 Å². The van der Waals surface area contributed by atoms with Crippen molar-refractivity contribution in [2.45, 2.75) is 13.0 Å². The smallest absolute Gasteiger partial charge is 0.331 e. The van der Waals surface area contributed by atoms with Crippen LogP contribution in [0.5, 0.6) is 5.75 Å². The largest absolute Gasteiger partial charge is 0.496 e. The first-order valence-electron chi connectivity index (χ1n) is 7.58. The van der Waals surface area contributed by atoms with Gasteiger partial charge in [-0.05, 0) is 31.2 Å². The minimum Gasteiger partial charge on any atom is -0.496 e. The van der Waals surface area contributed by atoms with E-state index in [4.69, 9.17) is 9.47 Å². The molecule has 0 aliphatic rings. The summed E-state index contributed by atoms with van der Waals surface area (Å²) in [6, 6.07) is 12.9. The number of benzene rings is 2. The van der Waals surface area contributed by atoms with Crippen molar-refractivity contribution in [1.29, 1.82) is 0 Å². The van der Waals surface area contributed by atoms with Gasteiger partial charge >= 0.3 is 5.97 Å². The van der Waals surface area contributed by atoms with Crippen molar-refractivity contribution in [3.63, 3.8) is 0 Å². The van der Waals surface area contributed by atoms with E-state index < -0.39 is 23.8 Å². The topological polar surface area (TPSA) is 64.6 Å².